The number of amides is 1. The molecule has 31 heavy (non-hydrogen) atoms. The second-order valence-electron chi connectivity index (χ2n) is 7.40. The van der Waals surface area contributed by atoms with Gasteiger partial charge in [-0.25, -0.2) is 5.01 Å². The molecule has 3 heterocycles. The summed E-state index contributed by atoms with van der Waals surface area (Å²) >= 11 is 1.50. The molecule has 0 spiro atoms. The summed E-state index contributed by atoms with van der Waals surface area (Å²) in [6.45, 7) is 2.19. The van der Waals surface area contributed by atoms with Crippen molar-refractivity contribution in [3.63, 3.8) is 0 Å². The highest BCUT2D eigenvalue weighted by molar-refractivity contribution is 8.13. The Morgan fingerprint density at radius 1 is 1.19 bits per heavy atom. The second-order valence-corrected chi connectivity index (χ2v) is 8.46. The highest BCUT2D eigenvalue weighted by atomic mass is 32.2. The van der Waals surface area contributed by atoms with Crippen LogP contribution in [0.15, 0.2) is 46.5 Å². The number of carbonyl (C=O) groups excluding carboxylic acids is 1. The van der Waals surface area contributed by atoms with Crippen LogP contribution in [0.1, 0.15) is 30.0 Å². The van der Waals surface area contributed by atoms with Gasteiger partial charge in [-0.3, -0.25) is 14.9 Å². The lowest BCUT2D eigenvalue weighted by molar-refractivity contribution is -0.384. The van der Waals surface area contributed by atoms with Crippen molar-refractivity contribution >= 4 is 34.2 Å². The van der Waals surface area contributed by atoms with Crippen molar-refractivity contribution in [1.82, 2.24) is 5.01 Å². The fourth-order valence-electron chi connectivity index (χ4n) is 3.77. The Hall–Kier alpha value is -3.40. The molecule has 1 atom stereocenters. The number of thioether (sulfide) groups is 1. The van der Waals surface area contributed by atoms with E-state index in [4.69, 9.17) is 14.6 Å². The summed E-state index contributed by atoms with van der Waals surface area (Å²) in [5.74, 6) is 1.82. The molecule has 0 bridgehead atoms. The maximum atomic E-state index is 11.9. The minimum absolute atomic E-state index is 0.00640. The number of amidine groups is 1. The minimum Gasteiger partial charge on any atom is -0.454 e. The fraction of sp³-hybridized carbons (Fsp3) is 0.286. The summed E-state index contributed by atoms with van der Waals surface area (Å²) < 4.78 is 11.1. The molecule has 0 saturated heterocycles. The zero-order valence-corrected chi connectivity index (χ0v) is 17.4. The number of hydrogen-bond donors (Lipinski definition) is 0. The third kappa shape index (κ3) is 3.63. The average molecular weight is 438 g/mol. The van der Waals surface area contributed by atoms with Gasteiger partial charge in [-0.2, -0.15) is 10.1 Å². The van der Waals surface area contributed by atoms with Gasteiger partial charge in [-0.15, -0.1) is 0 Å². The van der Waals surface area contributed by atoms with Gasteiger partial charge in [-0.05, 0) is 43.2 Å². The molecule has 1 amide bonds. The molecular weight excluding hydrogens is 420 g/mol. The van der Waals surface area contributed by atoms with Gasteiger partial charge < -0.3 is 9.47 Å². The Morgan fingerprint density at radius 3 is 2.65 bits per heavy atom. The highest BCUT2D eigenvalue weighted by Gasteiger charge is 2.30. The highest BCUT2D eigenvalue weighted by Crippen LogP contribution is 2.38. The number of aliphatic imine (C=N–C) groups is 1. The van der Waals surface area contributed by atoms with Crippen LogP contribution in [-0.2, 0) is 11.2 Å². The minimum atomic E-state index is -0.432. The molecule has 0 saturated carbocycles. The van der Waals surface area contributed by atoms with Crippen LogP contribution >= 0.6 is 11.8 Å². The van der Waals surface area contributed by atoms with Crippen LogP contribution in [0.2, 0.25) is 0 Å². The smallest absolute Gasteiger partial charge is 0.269 e. The number of nitro benzene ring substituents is 1. The van der Waals surface area contributed by atoms with E-state index in [1.54, 1.807) is 17.1 Å². The van der Waals surface area contributed by atoms with Crippen molar-refractivity contribution in [3.05, 3.63) is 63.2 Å². The molecule has 10 heteroatoms. The number of hydrazone groups is 1. The SMILES string of the molecule is CC1Cc2cc3c(cc2C(c2ccc([N+](=O)[O-])cc2)=NN1C1=NC(=O)CCS1)OCO3. The van der Waals surface area contributed by atoms with Crippen molar-refractivity contribution in [2.24, 2.45) is 10.1 Å². The van der Waals surface area contributed by atoms with E-state index in [0.29, 0.717) is 41.0 Å². The number of benzene rings is 2. The van der Waals surface area contributed by atoms with Gasteiger partial charge in [0.2, 0.25) is 12.7 Å². The second kappa shape index (κ2) is 7.69. The topological polar surface area (TPSA) is 107 Å². The molecule has 3 aliphatic heterocycles. The number of fused-ring (bicyclic) bond motifs is 2. The van der Waals surface area contributed by atoms with E-state index in [9.17, 15) is 14.9 Å². The van der Waals surface area contributed by atoms with E-state index in [0.717, 1.165) is 16.7 Å². The summed E-state index contributed by atoms with van der Waals surface area (Å²) in [6.07, 6.45) is 1.07. The number of nitro groups is 1. The molecule has 3 aliphatic rings. The maximum absolute atomic E-state index is 11.9. The van der Waals surface area contributed by atoms with Gasteiger partial charge in [0.05, 0.1) is 16.7 Å². The lowest BCUT2D eigenvalue weighted by atomic mass is 9.94. The predicted molar refractivity (Wildman–Crippen MR) is 116 cm³/mol. The summed E-state index contributed by atoms with van der Waals surface area (Å²) in [7, 11) is 0. The summed E-state index contributed by atoms with van der Waals surface area (Å²) in [4.78, 5) is 26.8. The van der Waals surface area contributed by atoms with E-state index < -0.39 is 4.92 Å². The number of non-ortho nitro benzene ring substituents is 1. The Bertz CT molecular complexity index is 1150. The number of nitrogens with zero attached hydrogens (tertiary/aromatic N) is 4. The van der Waals surface area contributed by atoms with Crippen molar-refractivity contribution in [2.75, 3.05) is 12.5 Å². The number of carbonyl (C=O) groups is 1. The third-order valence-corrected chi connectivity index (χ3v) is 6.25. The molecule has 0 aliphatic carbocycles. The molecule has 2 aromatic rings. The van der Waals surface area contributed by atoms with Gasteiger partial charge >= 0.3 is 0 Å². The molecule has 0 fully saturated rings. The average Bonchev–Trinajstić information content (AvgIpc) is 3.16. The first kappa shape index (κ1) is 19.6. The van der Waals surface area contributed by atoms with E-state index in [2.05, 4.69) is 4.99 Å². The molecule has 1 unspecified atom stereocenters. The van der Waals surface area contributed by atoms with Gasteiger partial charge in [0.1, 0.15) is 0 Å². The first-order valence-electron chi connectivity index (χ1n) is 9.79. The third-order valence-electron chi connectivity index (χ3n) is 5.31. The summed E-state index contributed by atoms with van der Waals surface area (Å²) in [5, 5.41) is 18.3. The van der Waals surface area contributed by atoms with E-state index in [1.807, 2.05) is 19.1 Å². The Morgan fingerprint density at radius 2 is 1.94 bits per heavy atom. The standard InChI is InChI=1S/C21H18N4O5S/c1-12-8-14-9-17-18(30-11-29-17)10-16(14)20(13-2-4-15(5-3-13)25(27)28)23-24(12)21-22-19(26)6-7-31-21/h2-5,9-10,12H,6-8,11H2,1H3. The predicted octanol–water partition coefficient (Wildman–Crippen LogP) is 3.34. The molecule has 158 valence electrons. The van der Waals surface area contributed by atoms with Crippen LogP contribution in [0.3, 0.4) is 0 Å². The molecule has 0 aromatic heterocycles. The number of hydrogen-bond acceptors (Lipinski definition) is 8. The molecule has 0 radical (unpaired) electrons. The largest absolute Gasteiger partial charge is 0.454 e. The molecule has 0 N–H and O–H groups in total. The van der Waals surface area contributed by atoms with Gasteiger partial charge in [0.25, 0.3) is 5.69 Å². The van der Waals surface area contributed by atoms with Gasteiger partial charge in [0, 0.05) is 35.4 Å². The van der Waals surface area contributed by atoms with Crippen LogP contribution in [0, 0.1) is 10.1 Å². The molecule has 5 rings (SSSR count). The summed E-state index contributed by atoms with van der Waals surface area (Å²) in [5.41, 5.74) is 3.24. The van der Waals surface area contributed by atoms with E-state index >= 15 is 0 Å². The number of rotatable bonds is 2. The Labute approximate surface area is 181 Å². The lowest BCUT2D eigenvalue weighted by Crippen LogP contribution is -2.35. The zero-order valence-electron chi connectivity index (χ0n) is 16.6. The molecule has 9 nitrogen and oxygen atoms in total. The van der Waals surface area contributed by atoms with Crippen molar-refractivity contribution in [3.8, 4) is 11.5 Å². The first-order valence-corrected chi connectivity index (χ1v) is 10.8. The van der Waals surface area contributed by atoms with Crippen molar-refractivity contribution < 1.29 is 19.2 Å². The van der Waals surface area contributed by atoms with Crippen LogP contribution in [0.4, 0.5) is 5.69 Å². The van der Waals surface area contributed by atoms with Gasteiger partial charge in [0.15, 0.2) is 16.7 Å². The summed E-state index contributed by atoms with van der Waals surface area (Å²) in [6, 6.07) is 10.1. The quantitative estimate of drug-likeness (QED) is 0.523. The van der Waals surface area contributed by atoms with Gasteiger partial charge in [-0.1, -0.05) is 11.8 Å². The number of ether oxygens (including phenoxy) is 2. The fourth-order valence-corrected chi connectivity index (χ4v) is 4.74. The van der Waals surface area contributed by atoms with Crippen LogP contribution in [0.25, 0.3) is 0 Å². The normalized spacial score (nSPS) is 20.0. The van der Waals surface area contributed by atoms with Crippen LogP contribution in [-0.4, -0.2) is 45.3 Å². The maximum Gasteiger partial charge on any atom is 0.269 e. The lowest BCUT2D eigenvalue weighted by Gasteiger charge is -2.27. The van der Waals surface area contributed by atoms with E-state index in [-0.39, 0.29) is 24.4 Å². The molecular formula is C21H18N4O5S. The zero-order chi connectivity index (χ0) is 21.5. The van der Waals surface area contributed by atoms with Crippen LogP contribution < -0.4 is 9.47 Å². The van der Waals surface area contributed by atoms with Crippen LogP contribution in [0.5, 0.6) is 11.5 Å². The van der Waals surface area contributed by atoms with Crippen molar-refractivity contribution in [1.29, 1.82) is 0 Å². The van der Waals surface area contributed by atoms with E-state index in [1.165, 1.54) is 23.9 Å². The van der Waals surface area contributed by atoms with Crippen molar-refractivity contribution in [2.45, 2.75) is 25.8 Å². The Balaban J connectivity index is 1.66. The first-order chi connectivity index (χ1) is 15.0. The Kier molecular flexibility index (Phi) is 4.85. The monoisotopic (exact) mass is 438 g/mol. The molecule has 2 aromatic carbocycles.